The number of nitrogens with zero attached hydrogens (tertiary/aromatic N) is 3. The lowest BCUT2D eigenvalue weighted by atomic mass is 9.93. The van der Waals surface area contributed by atoms with E-state index in [2.05, 4.69) is 26.8 Å². The number of H-pyrrole nitrogens is 2. The molecule has 2 N–H and O–H groups in total. The molecular formula is C21H33N5O5. The first-order valence-corrected chi connectivity index (χ1v) is 11.2. The fraction of sp³-hybridized carbons (Fsp3) is 0.714. The van der Waals surface area contributed by atoms with E-state index in [1.165, 1.54) is 11.7 Å². The van der Waals surface area contributed by atoms with E-state index in [0.717, 1.165) is 58.2 Å². The van der Waals surface area contributed by atoms with Crippen LogP contribution in [0.5, 0.6) is 6.01 Å². The molecule has 0 bridgehead atoms. The molecule has 10 nitrogen and oxygen atoms in total. The zero-order chi connectivity index (χ0) is 22.2. The Morgan fingerprint density at radius 2 is 1.87 bits per heavy atom. The third-order valence-corrected chi connectivity index (χ3v) is 5.84. The van der Waals surface area contributed by atoms with Crippen molar-refractivity contribution in [1.82, 2.24) is 24.4 Å². The van der Waals surface area contributed by atoms with E-state index in [0.29, 0.717) is 31.1 Å². The number of methoxy groups -OCH3 is 1. The van der Waals surface area contributed by atoms with E-state index in [1.54, 1.807) is 0 Å². The lowest BCUT2D eigenvalue weighted by molar-refractivity contribution is -0.142. The molecule has 0 aromatic carbocycles. The molecule has 0 spiro atoms. The summed E-state index contributed by atoms with van der Waals surface area (Å²) in [7, 11) is 1.43. The van der Waals surface area contributed by atoms with Crippen LogP contribution < -0.4 is 16.0 Å². The number of carbonyl (C=O) groups is 1. The second-order valence-electron chi connectivity index (χ2n) is 8.13. The lowest BCUT2D eigenvalue weighted by Crippen LogP contribution is -2.35. The Labute approximate surface area is 180 Å². The SMILES string of the molecule is CCCCOc1nc2c([nH]c(=O)n2CCCCN2CCC(CC(=O)OC)CC2)c(=O)[nH]1. The summed E-state index contributed by atoms with van der Waals surface area (Å²) in [6.45, 7) is 5.91. The molecule has 31 heavy (non-hydrogen) atoms. The number of nitrogens with one attached hydrogen (secondary N) is 2. The van der Waals surface area contributed by atoms with E-state index >= 15 is 0 Å². The highest BCUT2D eigenvalue weighted by Crippen LogP contribution is 2.21. The van der Waals surface area contributed by atoms with Gasteiger partial charge in [0.15, 0.2) is 11.2 Å². The third-order valence-electron chi connectivity index (χ3n) is 5.84. The first-order chi connectivity index (χ1) is 15.0. The van der Waals surface area contributed by atoms with Gasteiger partial charge in [-0.3, -0.25) is 24.1 Å². The van der Waals surface area contributed by atoms with E-state index in [4.69, 9.17) is 9.47 Å². The third kappa shape index (κ3) is 6.19. The van der Waals surface area contributed by atoms with Crippen LogP contribution in [0, 0.1) is 5.92 Å². The van der Waals surface area contributed by atoms with Crippen LogP contribution in [0.3, 0.4) is 0 Å². The van der Waals surface area contributed by atoms with Crippen molar-refractivity contribution in [1.29, 1.82) is 0 Å². The van der Waals surface area contributed by atoms with Gasteiger partial charge >= 0.3 is 11.7 Å². The lowest BCUT2D eigenvalue weighted by Gasteiger charge is -2.31. The molecule has 0 radical (unpaired) electrons. The Morgan fingerprint density at radius 1 is 1.13 bits per heavy atom. The van der Waals surface area contributed by atoms with Gasteiger partial charge in [0, 0.05) is 13.0 Å². The van der Waals surface area contributed by atoms with Gasteiger partial charge in [-0.05, 0) is 57.7 Å². The molecule has 1 aliphatic heterocycles. The normalized spacial score (nSPS) is 15.4. The molecule has 172 valence electrons. The predicted octanol–water partition coefficient (Wildman–Crippen LogP) is 1.65. The smallest absolute Gasteiger partial charge is 0.327 e. The summed E-state index contributed by atoms with van der Waals surface area (Å²) >= 11 is 0. The quantitative estimate of drug-likeness (QED) is 0.406. The van der Waals surface area contributed by atoms with Crippen molar-refractivity contribution in [2.75, 3.05) is 33.4 Å². The highest BCUT2D eigenvalue weighted by Gasteiger charge is 2.21. The number of unbranched alkanes of at least 4 members (excludes halogenated alkanes) is 2. The zero-order valence-electron chi connectivity index (χ0n) is 18.4. The van der Waals surface area contributed by atoms with E-state index < -0.39 is 5.56 Å². The Bertz CT molecular complexity index is 971. The Kier molecular flexibility index (Phi) is 8.27. The molecule has 2 aromatic heterocycles. The summed E-state index contributed by atoms with van der Waals surface area (Å²) in [5.41, 5.74) is -0.214. The highest BCUT2D eigenvalue weighted by molar-refractivity contribution is 5.69. The van der Waals surface area contributed by atoms with E-state index in [9.17, 15) is 14.4 Å². The van der Waals surface area contributed by atoms with Gasteiger partial charge in [-0.2, -0.15) is 4.98 Å². The largest absolute Gasteiger partial charge is 0.469 e. The molecule has 0 atom stereocenters. The first kappa shape index (κ1) is 23.1. The second kappa shape index (κ2) is 11.1. The summed E-state index contributed by atoms with van der Waals surface area (Å²) in [6.07, 6.45) is 6.09. The molecular weight excluding hydrogens is 402 g/mol. The topological polar surface area (TPSA) is 122 Å². The maximum atomic E-state index is 12.3. The molecule has 3 heterocycles. The summed E-state index contributed by atoms with van der Waals surface area (Å²) in [6, 6.07) is 0.147. The summed E-state index contributed by atoms with van der Waals surface area (Å²) < 4.78 is 11.8. The number of rotatable bonds is 11. The molecule has 1 aliphatic rings. The number of fused-ring (bicyclic) bond motifs is 1. The highest BCUT2D eigenvalue weighted by atomic mass is 16.5. The molecule has 0 amide bonds. The average Bonchev–Trinajstić information content (AvgIpc) is 3.08. The molecule has 2 aromatic rings. The Balaban J connectivity index is 1.51. The van der Waals surface area contributed by atoms with Gasteiger partial charge < -0.3 is 14.4 Å². The number of ether oxygens (including phenoxy) is 2. The van der Waals surface area contributed by atoms with Gasteiger partial charge in [0.25, 0.3) is 11.6 Å². The maximum absolute atomic E-state index is 12.3. The van der Waals surface area contributed by atoms with Crippen molar-refractivity contribution in [3.8, 4) is 6.01 Å². The number of aromatic nitrogens is 4. The Hall–Kier alpha value is -2.62. The van der Waals surface area contributed by atoms with Crippen LogP contribution in [-0.2, 0) is 16.1 Å². The number of carbonyl (C=O) groups excluding carboxylic acids is 1. The van der Waals surface area contributed by atoms with E-state index in [-0.39, 0.29) is 23.2 Å². The number of likely N-dealkylation sites (tertiary alicyclic amines) is 1. The van der Waals surface area contributed by atoms with Crippen LogP contribution in [0.2, 0.25) is 0 Å². The molecule has 3 rings (SSSR count). The van der Waals surface area contributed by atoms with Crippen LogP contribution in [0.25, 0.3) is 11.2 Å². The summed E-state index contributed by atoms with van der Waals surface area (Å²) in [5, 5.41) is 0. The van der Waals surface area contributed by atoms with Gasteiger partial charge in [-0.25, -0.2) is 4.79 Å². The van der Waals surface area contributed by atoms with Gasteiger partial charge in [0.2, 0.25) is 0 Å². The minimum atomic E-state index is -0.401. The zero-order valence-corrected chi connectivity index (χ0v) is 18.4. The van der Waals surface area contributed by atoms with Gasteiger partial charge in [-0.1, -0.05) is 13.3 Å². The number of esters is 1. The monoisotopic (exact) mass is 435 g/mol. The Morgan fingerprint density at radius 3 is 2.58 bits per heavy atom. The fourth-order valence-corrected chi connectivity index (χ4v) is 3.95. The maximum Gasteiger partial charge on any atom is 0.327 e. The molecule has 0 unspecified atom stereocenters. The number of piperidine rings is 1. The standard InChI is InChI=1S/C21H33N5O5/c1-3-4-13-31-20-23-18-17(19(28)24-20)22-21(29)26(18)10-6-5-9-25-11-7-15(8-12-25)14-16(27)30-2/h15H,3-14H2,1-2H3,(H,22,29)(H,23,24,28). The molecule has 1 fully saturated rings. The van der Waals surface area contributed by atoms with Crippen LogP contribution in [0.1, 0.15) is 51.9 Å². The predicted molar refractivity (Wildman–Crippen MR) is 116 cm³/mol. The van der Waals surface area contributed by atoms with Gasteiger partial charge in [-0.15, -0.1) is 0 Å². The van der Waals surface area contributed by atoms with Crippen molar-refractivity contribution in [2.45, 2.75) is 58.4 Å². The van der Waals surface area contributed by atoms with Crippen molar-refractivity contribution in [3.63, 3.8) is 0 Å². The molecule has 0 aliphatic carbocycles. The van der Waals surface area contributed by atoms with Crippen molar-refractivity contribution < 1.29 is 14.3 Å². The summed E-state index contributed by atoms with van der Waals surface area (Å²) in [5.74, 6) is 0.278. The first-order valence-electron chi connectivity index (χ1n) is 11.2. The summed E-state index contributed by atoms with van der Waals surface area (Å²) in [4.78, 5) is 47.9. The minimum Gasteiger partial charge on any atom is -0.469 e. The van der Waals surface area contributed by atoms with Crippen molar-refractivity contribution in [3.05, 3.63) is 20.8 Å². The van der Waals surface area contributed by atoms with Gasteiger partial charge in [0.05, 0.1) is 13.7 Å². The van der Waals surface area contributed by atoms with Crippen LogP contribution in [0.4, 0.5) is 0 Å². The van der Waals surface area contributed by atoms with Gasteiger partial charge in [0.1, 0.15) is 0 Å². The molecule has 1 saturated heterocycles. The van der Waals surface area contributed by atoms with Crippen LogP contribution in [0.15, 0.2) is 9.59 Å². The van der Waals surface area contributed by atoms with Crippen molar-refractivity contribution in [2.24, 2.45) is 5.92 Å². The van der Waals surface area contributed by atoms with Crippen molar-refractivity contribution >= 4 is 17.1 Å². The number of imidazole rings is 1. The number of aromatic amines is 2. The van der Waals surface area contributed by atoms with Crippen LogP contribution in [-0.4, -0.2) is 63.7 Å². The number of hydrogen-bond donors (Lipinski definition) is 2. The molecule has 10 heteroatoms. The number of aryl methyl sites for hydroxylation is 1. The fourth-order valence-electron chi connectivity index (χ4n) is 3.95. The number of hydrogen-bond acceptors (Lipinski definition) is 7. The average molecular weight is 436 g/mol. The van der Waals surface area contributed by atoms with E-state index in [1.807, 2.05) is 0 Å². The van der Waals surface area contributed by atoms with Crippen LogP contribution >= 0.6 is 0 Å². The molecule has 0 saturated carbocycles. The minimum absolute atomic E-state index is 0.131. The second-order valence-corrected chi connectivity index (χ2v) is 8.13.